The average molecular weight is 244 g/mol. The molecule has 0 fully saturated rings. The molecule has 0 heterocycles. The van der Waals surface area contributed by atoms with Crippen LogP contribution in [0.4, 0.5) is 4.39 Å². The Hall–Kier alpha value is -0.670. The summed E-state index contributed by atoms with van der Waals surface area (Å²) in [7, 11) is 0. The number of hydrogen-bond acceptors (Lipinski definition) is 1. The predicted molar refractivity (Wildman–Crippen MR) is 56.8 cm³/mol. The third-order valence-corrected chi connectivity index (χ3v) is 2.40. The van der Waals surface area contributed by atoms with E-state index in [-0.39, 0.29) is 5.82 Å². The highest BCUT2D eigenvalue weighted by atomic mass is 79.9. The molecule has 1 aromatic carbocycles. The van der Waals surface area contributed by atoms with E-state index in [0.29, 0.717) is 6.54 Å². The van der Waals surface area contributed by atoms with Gasteiger partial charge in [-0.2, -0.15) is 0 Å². The fourth-order valence-electron chi connectivity index (χ4n) is 0.950. The lowest BCUT2D eigenvalue weighted by molar-refractivity contribution is 0.627. The molecule has 0 aliphatic heterocycles. The van der Waals surface area contributed by atoms with Crippen LogP contribution in [0.5, 0.6) is 0 Å². The molecular weight excluding hydrogens is 233 g/mol. The van der Waals surface area contributed by atoms with Gasteiger partial charge in [-0.05, 0) is 30.7 Å². The van der Waals surface area contributed by atoms with Crippen LogP contribution in [0.2, 0.25) is 0 Å². The molecule has 0 radical (unpaired) electrons. The summed E-state index contributed by atoms with van der Waals surface area (Å²) in [6, 6.07) is 4.58. The van der Waals surface area contributed by atoms with E-state index >= 15 is 0 Å². The van der Waals surface area contributed by atoms with Gasteiger partial charge in [0.25, 0.3) is 0 Å². The van der Waals surface area contributed by atoms with E-state index in [1.807, 2.05) is 13.0 Å². The van der Waals surface area contributed by atoms with Gasteiger partial charge in [-0.3, -0.25) is 0 Å². The maximum atomic E-state index is 12.8. The summed E-state index contributed by atoms with van der Waals surface area (Å²) >= 11 is 3.34. The van der Waals surface area contributed by atoms with Crippen LogP contribution >= 0.6 is 15.9 Å². The van der Waals surface area contributed by atoms with Gasteiger partial charge in [0.1, 0.15) is 5.82 Å². The fraction of sp³-hybridized carbons (Fsp3) is 0.200. The summed E-state index contributed by atoms with van der Waals surface area (Å²) < 4.78 is 13.7. The molecule has 0 aliphatic carbocycles. The minimum Gasteiger partial charge on any atom is -0.327 e. The lowest BCUT2D eigenvalue weighted by atomic mass is 10.1. The van der Waals surface area contributed by atoms with Crippen molar-refractivity contribution < 1.29 is 4.39 Å². The quantitative estimate of drug-likeness (QED) is 0.850. The van der Waals surface area contributed by atoms with E-state index in [2.05, 4.69) is 15.9 Å². The van der Waals surface area contributed by atoms with Crippen LogP contribution in [0.15, 0.2) is 28.2 Å². The first kappa shape index (κ1) is 10.4. The Kier molecular flexibility index (Phi) is 3.63. The maximum absolute atomic E-state index is 12.8. The van der Waals surface area contributed by atoms with Crippen LogP contribution in [0, 0.1) is 5.82 Å². The van der Waals surface area contributed by atoms with Gasteiger partial charge in [0.2, 0.25) is 0 Å². The minimum absolute atomic E-state index is 0.237. The first-order valence-electron chi connectivity index (χ1n) is 3.96. The van der Waals surface area contributed by atoms with Gasteiger partial charge in [0.15, 0.2) is 0 Å². The van der Waals surface area contributed by atoms with E-state index in [1.165, 1.54) is 12.1 Å². The molecular formula is C10H11BrFN. The van der Waals surface area contributed by atoms with Gasteiger partial charge < -0.3 is 5.73 Å². The monoisotopic (exact) mass is 243 g/mol. The summed E-state index contributed by atoms with van der Waals surface area (Å²) in [4.78, 5) is 0. The maximum Gasteiger partial charge on any atom is 0.123 e. The van der Waals surface area contributed by atoms with Crippen molar-refractivity contribution in [3.8, 4) is 0 Å². The Balaban J connectivity index is 3.07. The summed E-state index contributed by atoms with van der Waals surface area (Å²) in [6.07, 6.45) is 1.87. The molecule has 0 saturated carbocycles. The zero-order valence-electron chi connectivity index (χ0n) is 7.35. The predicted octanol–water partition coefficient (Wildman–Crippen LogP) is 2.95. The molecule has 0 aromatic heterocycles. The molecule has 13 heavy (non-hydrogen) atoms. The zero-order chi connectivity index (χ0) is 9.84. The Morgan fingerprint density at radius 2 is 2.31 bits per heavy atom. The Labute approximate surface area is 85.6 Å². The van der Waals surface area contributed by atoms with Gasteiger partial charge >= 0.3 is 0 Å². The van der Waals surface area contributed by atoms with Crippen LogP contribution in [-0.4, -0.2) is 6.54 Å². The average Bonchev–Trinajstić information content (AvgIpc) is 2.11. The Morgan fingerprint density at radius 1 is 1.62 bits per heavy atom. The van der Waals surface area contributed by atoms with Gasteiger partial charge in [-0.15, -0.1) is 0 Å². The van der Waals surface area contributed by atoms with Crippen LogP contribution in [0.1, 0.15) is 12.5 Å². The van der Waals surface area contributed by atoms with E-state index in [1.54, 1.807) is 6.07 Å². The van der Waals surface area contributed by atoms with Gasteiger partial charge in [0.05, 0.1) is 0 Å². The molecule has 2 N–H and O–H groups in total. The van der Waals surface area contributed by atoms with Crippen molar-refractivity contribution in [2.75, 3.05) is 6.54 Å². The van der Waals surface area contributed by atoms with Gasteiger partial charge in [-0.25, -0.2) is 4.39 Å². The highest BCUT2D eigenvalue weighted by molar-refractivity contribution is 9.10. The Morgan fingerprint density at radius 3 is 2.92 bits per heavy atom. The largest absolute Gasteiger partial charge is 0.327 e. The normalized spacial score (nSPS) is 11.8. The van der Waals surface area contributed by atoms with Gasteiger partial charge in [0, 0.05) is 11.0 Å². The third-order valence-electron chi connectivity index (χ3n) is 1.68. The molecule has 0 spiro atoms. The second-order valence-corrected chi connectivity index (χ2v) is 3.71. The summed E-state index contributed by atoms with van der Waals surface area (Å²) in [5.74, 6) is -0.237. The molecule has 0 saturated heterocycles. The standard InChI is InChI=1S/C10H11BrFN/c1-7(6-13)4-8-5-9(12)2-3-10(8)11/h2-5H,6,13H2,1H3/b7-4-. The molecule has 0 unspecified atom stereocenters. The second-order valence-electron chi connectivity index (χ2n) is 2.86. The summed E-state index contributed by atoms with van der Waals surface area (Å²) in [5.41, 5.74) is 7.27. The molecule has 0 atom stereocenters. The molecule has 0 bridgehead atoms. The molecule has 0 amide bonds. The highest BCUT2D eigenvalue weighted by Crippen LogP contribution is 2.20. The van der Waals surface area contributed by atoms with E-state index < -0.39 is 0 Å². The summed E-state index contributed by atoms with van der Waals surface area (Å²) in [5, 5.41) is 0. The van der Waals surface area contributed by atoms with Crippen molar-refractivity contribution >= 4 is 22.0 Å². The number of rotatable bonds is 2. The molecule has 70 valence electrons. The van der Waals surface area contributed by atoms with Gasteiger partial charge in [-0.1, -0.05) is 27.6 Å². The first-order valence-corrected chi connectivity index (χ1v) is 4.75. The van der Waals surface area contributed by atoms with Crippen molar-refractivity contribution in [3.63, 3.8) is 0 Å². The van der Waals surface area contributed by atoms with Crippen molar-refractivity contribution in [2.24, 2.45) is 5.73 Å². The van der Waals surface area contributed by atoms with Crippen molar-refractivity contribution in [1.29, 1.82) is 0 Å². The minimum atomic E-state index is -0.237. The Bertz CT molecular complexity index is 334. The smallest absolute Gasteiger partial charge is 0.123 e. The second kappa shape index (κ2) is 4.53. The lowest BCUT2D eigenvalue weighted by Gasteiger charge is -2.00. The van der Waals surface area contributed by atoms with Crippen LogP contribution in [-0.2, 0) is 0 Å². The van der Waals surface area contributed by atoms with E-state index in [0.717, 1.165) is 15.6 Å². The van der Waals surface area contributed by atoms with Crippen LogP contribution < -0.4 is 5.73 Å². The molecule has 0 aliphatic rings. The fourth-order valence-corrected chi connectivity index (χ4v) is 1.31. The molecule has 1 nitrogen and oxygen atoms in total. The third kappa shape index (κ3) is 2.94. The molecule has 3 heteroatoms. The van der Waals surface area contributed by atoms with E-state index in [9.17, 15) is 4.39 Å². The number of hydrogen-bond donors (Lipinski definition) is 1. The summed E-state index contributed by atoms with van der Waals surface area (Å²) in [6.45, 7) is 2.40. The number of nitrogens with two attached hydrogens (primary N) is 1. The SMILES string of the molecule is C/C(=C/c1cc(F)ccc1Br)CN. The van der Waals surface area contributed by atoms with Crippen molar-refractivity contribution in [3.05, 3.63) is 39.6 Å². The van der Waals surface area contributed by atoms with Crippen LogP contribution in [0.25, 0.3) is 6.08 Å². The molecule has 1 aromatic rings. The van der Waals surface area contributed by atoms with E-state index in [4.69, 9.17) is 5.73 Å². The zero-order valence-corrected chi connectivity index (χ0v) is 8.94. The van der Waals surface area contributed by atoms with Crippen molar-refractivity contribution in [2.45, 2.75) is 6.92 Å². The number of benzene rings is 1. The lowest BCUT2D eigenvalue weighted by Crippen LogP contribution is -1.99. The topological polar surface area (TPSA) is 26.0 Å². The molecule has 1 rings (SSSR count). The van der Waals surface area contributed by atoms with Crippen molar-refractivity contribution in [1.82, 2.24) is 0 Å². The first-order chi connectivity index (χ1) is 6.13. The number of halogens is 2. The highest BCUT2D eigenvalue weighted by Gasteiger charge is 1.98. The van der Waals surface area contributed by atoms with Crippen LogP contribution in [0.3, 0.4) is 0 Å².